The molecule has 4 N–H and O–H groups in total. The van der Waals surface area contributed by atoms with Crippen LogP contribution >= 0.6 is 11.8 Å². The number of thioether (sulfide) groups is 1. The predicted octanol–water partition coefficient (Wildman–Crippen LogP) is 0.0634. The molecule has 2 aromatic rings. The van der Waals surface area contributed by atoms with Crippen LogP contribution in [0.5, 0.6) is 0 Å². The van der Waals surface area contributed by atoms with Gasteiger partial charge in [0.25, 0.3) is 0 Å². The quantitative estimate of drug-likeness (QED) is 0.387. The Hall–Kier alpha value is -1.71. The van der Waals surface area contributed by atoms with Crippen LogP contribution < -0.4 is 11.3 Å². The number of nitrogen functional groups attached to an aromatic ring is 1. The third-order valence-corrected chi connectivity index (χ3v) is 3.45. The number of rotatable bonds is 6. The van der Waals surface area contributed by atoms with Crippen LogP contribution in [0.2, 0.25) is 0 Å². The molecule has 0 aromatic carbocycles. The molecule has 0 aliphatic rings. The average molecular weight is 281 g/mol. The number of hydrazine groups is 1. The van der Waals surface area contributed by atoms with Crippen molar-refractivity contribution in [3.8, 4) is 5.95 Å². The van der Waals surface area contributed by atoms with Crippen LogP contribution in [0.3, 0.4) is 0 Å². The summed E-state index contributed by atoms with van der Waals surface area (Å²) >= 11 is 1.44. The molecule has 1 atom stereocenters. The minimum Gasteiger partial charge on any atom is -0.396 e. The maximum atomic E-state index is 9.01. The van der Waals surface area contributed by atoms with Crippen LogP contribution in [0.1, 0.15) is 6.92 Å². The molecule has 8 nitrogen and oxygen atoms in total. The van der Waals surface area contributed by atoms with Gasteiger partial charge in [-0.2, -0.15) is 15.0 Å². The van der Waals surface area contributed by atoms with E-state index in [-0.39, 0.29) is 18.5 Å². The summed E-state index contributed by atoms with van der Waals surface area (Å²) in [5.74, 6) is 6.97. The Kier molecular flexibility index (Phi) is 4.66. The minimum absolute atomic E-state index is 0.133. The molecule has 19 heavy (non-hydrogen) atoms. The first-order valence-corrected chi connectivity index (χ1v) is 6.66. The van der Waals surface area contributed by atoms with E-state index in [1.165, 1.54) is 11.8 Å². The monoisotopic (exact) mass is 281 g/mol. The predicted molar refractivity (Wildman–Crippen MR) is 71.7 cm³/mol. The third kappa shape index (κ3) is 3.63. The Morgan fingerprint density at radius 1 is 1.47 bits per heavy atom. The van der Waals surface area contributed by atoms with Crippen LogP contribution in [0.4, 0.5) is 5.95 Å². The number of hydrogen-bond donors (Lipinski definition) is 3. The van der Waals surface area contributed by atoms with Crippen LogP contribution in [0.15, 0.2) is 23.9 Å². The van der Waals surface area contributed by atoms with E-state index in [0.717, 1.165) is 0 Å². The topological polar surface area (TPSA) is 115 Å². The number of hydrogen-bond acceptors (Lipinski definition) is 8. The zero-order chi connectivity index (χ0) is 13.7. The van der Waals surface area contributed by atoms with Gasteiger partial charge in [-0.25, -0.2) is 10.8 Å². The van der Waals surface area contributed by atoms with Gasteiger partial charge in [0.2, 0.25) is 11.9 Å². The van der Waals surface area contributed by atoms with Gasteiger partial charge in [0, 0.05) is 24.8 Å². The molecule has 102 valence electrons. The number of aromatic nitrogens is 5. The van der Waals surface area contributed by atoms with E-state index in [2.05, 4.69) is 25.4 Å². The lowest BCUT2D eigenvalue weighted by atomic mass is 10.2. The van der Waals surface area contributed by atoms with Crippen LogP contribution in [-0.2, 0) is 0 Å². The van der Waals surface area contributed by atoms with Gasteiger partial charge < -0.3 is 5.11 Å². The zero-order valence-electron chi connectivity index (χ0n) is 10.4. The standard InChI is InChI=1S/C10H15N7OS/c1-7(4-18)5-19-10-14-8(16-11)13-9(15-10)17-3-2-12-6-17/h2-3,6-7,18H,4-5,11H2,1H3,(H,13,14,15,16). The molecule has 0 spiro atoms. The number of nitrogens with one attached hydrogen (secondary N) is 1. The lowest BCUT2D eigenvalue weighted by Gasteiger charge is -2.08. The van der Waals surface area contributed by atoms with Gasteiger partial charge in [0.15, 0.2) is 5.16 Å². The highest BCUT2D eigenvalue weighted by Gasteiger charge is 2.09. The number of aliphatic hydroxyl groups excluding tert-OH is 1. The summed E-state index contributed by atoms with van der Waals surface area (Å²) in [4.78, 5) is 16.6. The van der Waals surface area contributed by atoms with Gasteiger partial charge >= 0.3 is 0 Å². The zero-order valence-corrected chi connectivity index (χ0v) is 11.2. The molecule has 9 heteroatoms. The van der Waals surface area contributed by atoms with Crippen LogP contribution in [-0.4, -0.2) is 42.0 Å². The molecule has 1 unspecified atom stereocenters. The first kappa shape index (κ1) is 13.7. The van der Waals surface area contributed by atoms with Crippen molar-refractivity contribution in [1.29, 1.82) is 0 Å². The van der Waals surface area contributed by atoms with Gasteiger partial charge in [-0.05, 0) is 5.92 Å². The minimum atomic E-state index is 0.133. The molecule has 0 aliphatic heterocycles. The summed E-state index contributed by atoms with van der Waals surface area (Å²) in [6.07, 6.45) is 4.97. The van der Waals surface area contributed by atoms with E-state index in [1.807, 2.05) is 6.92 Å². The van der Waals surface area contributed by atoms with Crippen molar-refractivity contribution < 1.29 is 5.11 Å². The van der Waals surface area contributed by atoms with Crippen molar-refractivity contribution in [2.45, 2.75) is 12.1 Å². The fourth-order valence-corrected chi connectivity index (χ4v) is 2.07. The fourth-order valence-electron chi connectivity index (χ4n) is 1.24. The fraction of sp³-hybridized carbons (Fsp3) is 0.400. The summed E-state index contributed by atoms with van der Waals surface area (Å²) in [6, 6.07) is 0. The van der Waals surface area contributed by atoms with E-state index in [9.17, 15) is 0 Å². The molecular weight excluding hydrogens is 266 g/mol. The summed E-state index contributed by atoms with van der Waals surface area (Å²) in [5, 5.41) is 9.56. The Morgan fingerprint density at radius 3 is 2.95 bits per heavy atom. The van der Waals surface area contributed by atoms with E-state index >= 15 is 0 Å². The molecule has 0 saturated heterocycles. The largest absolute Gasteiger partial charge is 0.396 e. The third-order valence-electron chi connectivity index (χ3n) is 2.28. The highest BCUT2D eigenvalue weighted by Crippen LogP contribution is 2.18. The Morgan fingerprint density at radius 2 is 2.32 bits per heavy atom. The normalized spacial score (nSPS) is 12.4. The number of nitrogens with zero attached hydrogens (tertiary/aromatic N) is 5. The van der Waals surface area contributed by atoms with Crippen molar-refractivity contribution in [3.05, 3.63) is 18.7 Å². The van der Waals surface area contributed by atoms with Crippen molar-refractivity contribution in [3.63, 3.8) is 0 Å². The Balaban J connectivity index is 2.21. The number of anilines is 1. The Labute approximate surface area is 114 Å². The second-order valence-electron chi connectivity index (χ2n) is 3.95. The molecule has 2 rings (SSSR count). The number of imidazole rings is 1. The van der Waals surface area contributed by atoms with Gasteiger partial charge in [0.05, 0.1) is 0 Å². The molecule has 2 aromatic heterocycles. The Bertz CT molecular complexity index is 519. The van der Waals surface area contributed by atoms with Gasteiger partial charge in [-0.15, -0.1) is 0 Å². The second kappa shape index (κ2) is 6.45. The maximum Gasteiger partial charge on any atom is 0.242 e. The summed E-state index contributed by atoms with van der Waals surface area (Å²) in [5.41, 5.74) is 2.41. The summed E-state index contributed by atoms with van der Waals surface area (Å²) < 4.78 is 1.67. The van der Waals surface area contributed by atoms with Crippen molar-refractivity contribution in [1.82, 2.24) is 24.5 Å². The number of aliphatic hydroxyl groups is 1. The summed E-state index contributed by atoms with van der Waals surface area (Å²) in [7, 11) is 0. The van der Waals surface area contributed by atoms with E-state index in [0.29, 0.717) is 16.9 Å². The van der Waals surface area contributed by atoms with Crippen LogP contribution in [0, 0.1) is 5.92 Å². The lowest BCUT2D eigenvalue weighted by molar-refractivity contribution is 0.250. The lowest BCUT2D eigenvalue weighted by Crippen LogP contribution is -2.14. The molecule has 0 radical (unpaired) electrons. The first-order chi connectivity index (χ1) is 9.22. The highest BCUT2D eigenvalue weighted by molar-refractivity contribution is 7.99. The van der Waals surface area contributed by atoms with Crippen molar-refractivity contribution in [2.24, 2.45) is 11.8 Å². The smallest absolute Gasteiger partial charge is 0.242 e. The average Bonchev–Trinajstić information content (AvgIpc) is 2.98. The molecule has 0 aliphatic carbocycles. The van der Waals surface area contributed by atoms with E-state index < -0.39 is 0 Å². The molecule has 0 bridgehead atoms. The van der Waals surface area contributed by atoms with Crippen molar-refractivity contribution >= 4 is 17.7 Å². The van der Waals surface area contributed by atoms with Gasteiger partial charge in [-0.3, -0.25) is 9.99 Å². The number of nitrogens with two attached hydrogens (primary N) is 1. The van der Waals surface area contributed by atoms with Gasteiger partial charge in [-0.1, -0.05) is 18.7 Å². The molecule has 0 fully saturated rings. The second-order valence-corrected chi connectivity index (χ2v) is 4.94. The van der Waals surface area contributed by atoms with Crippen molar-refractivity contribution in [2.75, 3.05) is 17.8 Å². The maximum absolute atomic E-state index is 9.01. The molecule has 2 heterocycles. The SMILES string of the molecule is CC(CO)CSc1nc(NN)nc(-n2ccnc2)n1. The molecule has 0 amide bonds. The first-order valence-electron chi connectivity index (χ1n) is 5.67. The van der Waals surface area contributed by atoms with Gasteiger partial charge in [0.1, 0.15) is 6.33 Å². The highest BCUT2D eigenvalue weighted by atomic mass is 32.2. The molecule has 0 saturated carbocycles. The van der Waals surface area contributed by atoms with E-state index in [1.54, 1.807) is 23.3 Å². The molecular formula is C10H15N7OS. The van der Waals surface area contributed by atoms with E-state index in [4.69, 9.17) is 10.9 Å². The summed E-state index contributed by atoms with van der Waals surface area (Å²) in [6.45, 7) is 2.08. The van der Waals surface area contributed by atoms with Crippen LogP contribution in [0.25, 0.3) is 5.95 Å².